The van der Waals surface area contributed by atoms with Gasteiger partial charge in [-0.15, -0.1) is 11.8 Å². The number of nitrogens with zero attached hydrogens (tertiary/aromatic N) is 2. The predicted octanol–water partition coefficient (Wildman–Crippen LogP) is 4.92. The molecule has 2 aliphatic heterocycles. The van der Waals surface area contributed by atoms with Crippen LogP contribution in [0.25, 0.3) is 0 Å². The predicted molar refractivity (Wildman–Crippen MR) is 119 cm³/mol. The molecule has 0 N–H and O–H groups in total. The van der Waals surface area contributed by atoms with Gasteiger partial charge in [0.25, 0.3) is 0 Å². The summed E-state index contributed by atoms with van der Waals surface area (Å²) in [6.45, 7) is 2.10. The van der Waals surface area contributed by atoms with Gasteiger partial charge in [0.15, 0.2) is 0 Å². The third-order valence-corrected chi connectivity index (χ3v) is 6.84. The number of rotatable bonds is 8. The summed E-state index contributed by atoms with van der Waals surface area (Å²) in [5, 5.41) is 0. The van der Waals surface area contributed by atoms with Gasteiger partial charge >= 0.3 is 6.03 Å². The number of benzene rings is 2. The lowest BCUT2D eigenvalue weighted by Gasteiger charge is -2.23. The van der Waals surface area contributed by atoms with Crippen molar-refractivity contribution in [3.05, 3.63) is 82.8 Å². The second kappa shape index (κ2) is 9.51. The number of amides is 2. The van der Waals surface area contributed by atoms with E-state index in [9.17, 15) is 4.79 Å². The van der Waals surface area contributed by atoms with E-state index in [-0.39, 0.29) is 18.1 Å². The molecule has 0 unspecified atom stereocenters. The van der Waals surface area contributed by atoms with Crippen LogP contribution < -0.4 is 0 Å². The molecule has 2 amide bonds. The maximum absolute atomic E-state index is 13.4. The fourth-order valence-corrected chi connectivity index (χ4v) is 5.57. The normalized spacial score (nSPS) is 22.5. The van der Waals surface area contributed by atoms with Crippen molar-refractivity contribution in [3.8, 4) is 0 Å². The molecular weight excluding hydrogens is 380 g/mol. The zero-order valence-corrected chi connectivity index (χ0v) is 17.7. The van der Waals surface area contributed by atoms with Gasteiger partial charge in [0.05, 0.1) is 12.1 Å². The number of thioether (sulfide) groups is 1. The third-order valence-electron chi connectivity index (χ3n) is 5.59. The molecule has 29 heavy (non-hydrogen) atoms. The Kier molecular flexibility index (Phi) is 6.57. The minimum absolute atomic E-state index is 0.149. The number of urea groups is 1. The molecule has 0 aromatic heterocycles. The Morgan fingerprint density at radius 1 is 1.00 bits per heavy atom. The SMILES string of the molecule is COCCCC=C1SC[C@H]2[C@@H]1N(Cc1ccccc1)C(=O)N2Cc1ccccc1. The maximum atomic E-state index is 13.4. The number of fused-ring (bicyclic) bond motifs is 1. The molecule has 2 aromatic rings. The molecule has 0 saturated carbocycles. The first-order valence-electron chi connectivity index (χ1n) is 10.2. The van der Waals surface area contributed by atoms with E-state index in [1.165, 1.54) is 16.0 Å². The van der Waals surface area contributed by atoms with Gasteiger partial charge in [0, 0.05) is 37.5 Å². The highest BCUT2D eigenvalue weighted by Gasteiger charge is 2.50. The summed E-state index contributed by atoms with van der Waals surface area (Å²) in [6, 6.07) is 21.1. The topological polar surface area (TPSA) is 32.8 Å². The molecule has 5 heteroatoms. The van der Waals surface area contributed by atoms with Crippen molar-refractivity contribution >= 4 is 17.8 Å². The quantitative estimate of drug-likeness (QED) is 0.459. The molecule has 2 atom stereocenters. The summed E-state index contributed by atoms with van der Waals surface area (Å²) in [7, 11) is 1.74. The number of allylic oxidation sites excluding steroid dienone is 1. The van der Waals surface area contributed by atoms with E-state index < -0.39 is 0 Å². The fourth-order valence-electron chi connectivity index (χ4n) is 4.16. The largest absolute Gasteiger partial charge is 0.385 e. The summed E-state index contributed by atoms with van der Waals surface area (Å²) >= 11 is 1.91. The van der Waals surface area contributed by atoms with Crippen molar-refractivity contribution in [1.29, 1.82) is 0 Å². The van der Waals surface area contributed by atoms with E-state index >= 15 is 0 Å². The first-order chi connectivity index (χ1) is 14.3. The zero-order chi connectivity index (χ0) is 20.1. The van der Waals surface area contributed by atoms with Crippen molar-refractivity contribution in [2.75, 3.05) is 19.5 Å². The average Bonchev–Trinajstić information content (AvgIpc) is 3.27. The van der Waals surface area contributed by atoms with Crippen LogP contribution in [0.15, 0.2) is 71.6 Å². The highest BCUT2D eigenvalue weighted by Crippen LogP contribution is 2.43. The van der Waals surface area contributed by atoms with E-state index in [2.05, 4.69) is 40.1 Å². The average molecular weight is 409 g/mol. The van der Waals surface area contributed by atoms with Crippen LogP contribution >= 0.6 is 11.8 Å². The molecule has 2 fully saturated rings. The van der Waals surface area contributed by atoms with Gasteiger partial charge in [0.1, 0.15) is 0 Å². The third kappa shape index (κ3) is 4.51. The van der Waals surface area contributed by atoms with Gasteiger partial charge < -0.3 is 14.5 Å². The second-order valence-corrected chi connectivity index (χ2v) is 8.67. The molecule has 2 heterocycles. The van der Waals surface area contributed by atoms with Crippen LogP contribution in [-0.2, 0) is 17.8 Å². The van der Waals surface area contributed by atoms with Crippen molar-refractivity contribution in [3.63, 3.8) is 0 Å². The number of carbonyl (C=O) groups excluding carboxylic acids is 1. The number of methoxy groups -OCH3 is 1. The zero-order valence-electron chi connectivity index (χ0n) is 16.9. The Morgan fingerprint density at radius 2 is 1.62 bits per heavy atom. The van der Waals surface area contributed by atoms with Crippen molar-refractivity contribution in [1.82, 2.24) is 9.80 Å². The van der Waals surface area contributed by atoms with E-state index in [0.717, 1.165) is 25.2 Å². The van der Waals surface area contributed by atoms with Crippen molar-refractivity contribution in [2.24, 2.45) is 0 Å². The first kappa shape index (κ1) is 20.0. The lowest BCUT2D eigenvalue weighted by Crippen LogP contribution is -2.35. The van der Waals surface area contributed by atoms with E-state index in [4.69, 9.17) is 4.74 Å². The standard InChI is InChI=1S/C24H28N2O2S/c1-28-15-9-8-14-22-23-21(18-29-22)25(16-19-10-4-2-5-11-19)24(27)26(23)17-20-12-6-3-7-13-20/h2-7,10-14,21,23H,8-9,15-18H2,1H3/t21-,23-/m0/s1. The van der Waals surface area contributed by atoms with Gasteiger partial charge in [-0.05, 0) is 24.0 Å². The van der Waals surface area contributed by atoms with Gasteiger partial charge in [-0.1, -0.05) is 66.7 Å². The maximum Gasteiger partial charge on any atom is 0.321 e. The second-order valence-electron chi connectivity index (χ2n) is 7.57. The Hall–Kier alpha value is -2.24. The lowest BCUT2D eigenvalue weighted by atomic mass is 10.1. The highest BCUT2D eigenvalue weighted by atomic mass is 32.2. The number of carbonyl (C=O) groups is 1. The van der Waals surface area contributed by atoms with Gasteiger partial charge in [-0.2, -0.15) is 0 Å². The van der Waals surface area contributed by atoms with Crippen LogP contribution in [0.2, 0.25) is 0 Å². The molecule has 4 nitrogen and oxygen atoms in total. The molecule has 2 aromatic carbocycles. The van der Waals surface area contributed by atoms with Crippen molar-refractivity contribution < 1.29 is 9.53 Å². The lowest BCUT2D eigenvalue weighted by molar-refractivity contribution is 0.182. The summed E-state index contributed by atoms with van der Waals surface area (Å²) in [4.78, 5) is 18.9. The molecule has 4 rings (SSSR count). The number of unbranched alkanes of at least 4 members (excludes halogenated alkanes) is 1. The van der Waals surface area contributed by atoms with E-state index in [0.29, 0.717) is 13.1 Å². The summed E-state index contributed by atoms with van der Waals surface area (Å²) in [5.41, 5.74) is 2.36. The van der Waals surface area contributed by atoms with Crippen molar-refractivity contribution in [2.45, 2.75) is 38.0 Å². The van der Waals surface area contributed by atoms with E-state index in [1.54, 1.807) is 7.11 Å². The Bertz CT molecular complexity index is 840. The molecule has 0 aliphatic carbocycles. The summed E-state index contributed by atoms with van der Waals surface area (Å²) in [6.07, 6.45) is 4.33. The molecule has 0 radical (unpaired) electrons. The monoisotopic (exact) mass is 408 g/mol. The smallest absolute Gasteiger partial charge is 0.321 e. The van der Waals surface area contributed by atoms with Crippen LogP contribution in [0.1, 0.15) is 24.0 Å². The number of hydrogen-bond donors (Lipinski definition) is 0. The van der Waals surface area contributed by atoms with Crippen LogP contribution in [0.4, 0.5) is 4.79 Å². The van der Waals surface area contributed by atoms with Gasteiger partial charge in [-0.3, -0.25) is 0 Å². The fraction of sp³-hybridized carbons (Fsp3) is 0.375. The minimum atomic E-state index is 0.149. The molecule has 0 spiro atoms. The van der Waals surface area contributed by atoms with Gasteiger partial charge in [0.2, 0.25) is 0 Å². The highest BCUT2D eigenvalue weighted by molar-refractivity contribution is 8.03. The van der Waals surface area contributed by atoms with Crippen LogP contribution in [0.3, 0.4) is 0 Å². The van der Waals surface area contributed by atoms with Gasteiger partial charge in [-0.25, -0.2) is 4.79 Å². The summed E-state index contributed by atoms with van der Waals surface area (Å²) in [5.74, 6) is 0.963. The first-order valence-corrected chi connectivity index (χ1v) is 11.2. The minimum Gasteiger partial charge on any atom is -0.385 e. The molecule has 2 aliphatic rings. The van der Waals surface area contributed by atoms with Crippen LogP contribution in [-0.4, -0.2) is 47.4 Å². The Morgan fingerprint density at radius 3 is 2.24 bits per heavy atom. The Balaban J connectivity index is 1.57. The van der Waals surface area contributed by atoms with E-state index in [1.807, 2.05) is 48.2 Å². The number of hydrogen-bond acceptors (Lipinski definition) is 3. The molecule has 2 saturated heterocycles. The molecule has 152 valence electrons. The van der Waals surface area contributed by atoms with Crippen LogP contribution in [0.5, 0.6) is 0 Å². The molecule has 0 bridgehead atoms. The number of ether oxygens (including phenoxy) is 1. The summed E-state index contributed by atoms with van der Waals surface area (Å²) < 4.78 is 5.18. The molecular formula is C24H28N2O2S. The van der Waals surface area contributed by atoms with Crippen LogP contribution in [0, 0.1) is 0 Å². The Labute approximate surface area is 177 Å².